The van der Waals surface area contributed by atoms with Crippen LogP contribution in [0.3, 0.4) is 0 Å². The Kier molecular flexibility index (Phi) is 3.03. The summed E-state index contributed by atoms with van der Waals surface area (Å²) in [6, 6.07) is 30.3. The number of para-hydroxylation sites is 2. The predicted octanol–water partition coefficient (Wildman–Crippen LogP) is 6.04. The zero-order valence-electron chi connectivity index (χ0n) is 14.9. The Bertz CT molecular complexity index is 1570. The Morgan fingerprint density at radius 3 is 2.04 bits per heavy atom. The van der Waals surface area contributed by atoms with Gasteiger partial charge in [-0.15, -0.1) is 0 Å². The van der Waals surface area contributed by atoms with Crippen molar-refractivity contribution in [3.05, 3.63) is 101 Å². The SMILES string of the molecule is O=c1oc2c(ccc3c4ccccc4n(-c4ccccc4)c32)c2ccccc12. The van der Waals surface area contributed by atoms with E-state index in [0.717, 1.165) is 38.3 Å². The van der Waals surface area contributed by atoms with Gasteiger partial charge >= 0.3 is 5.63 Å². The first-order valence-electron chi connectivity index (χ1n) is 9.26. The van der Waals surface area contributed by atoms with Gasteiger partial charge in [-0.2, -0.15) is 0 Å². The minimum absolute atomic E-state index is 0.305. The molecule has 0 fully saturated rings. The molecule has 0 spiro atoms. The van der Waals surface area contributed by atoms with Crippen molar-refractivity contribution in [1.29, 1.82) is 0 Å². The van der Waals surface area contributed by atoms with Gasteiger partial charge in [-0.05, 0) is 35.7 Å². The van der Waals surface area contributed by atoms with Crippen LogP contribution in [0.4, 0.5) is 0 Å². The quantitative estimate of drug-likeness (QED) is 0.264. The third-order valence-corrected chi connectivity index (χ3v) is 5.44. The van der Waals surface area contributed by atoms with Crippen LogP contribution in [-0.2, 0) is 0 Å². The van der Waals surface area contributed by atoms with Crippen LogP contribution in [0.25, 0.3) is 49.2 Å². The van der Waals surface area contributed by atoms with E-state index in [1.165, 1.54) is 0 Å². The molecule has 0 aliphatic carbocycles. The second-order valence-electron chi connectivity index (χ2n) is 6.96. The Balaban J connectivity index is 1.94. The van der Waals surface area contributed by atoms with Gasteiger partial charge in [0.05, 0.1) is 16.4 Å². The molecule has 28 heavy (non-hydrogen) atoms. The largest absolute Gasteiger partial charge is 0.420 e. The van der Waals surface area contributed by atoms with Gasteiger partial charge in [-0.1, -0.05) is 60.7 Å². The molecule has 0 aliphatic rings. The van der Waals surface area contributed by atoms with Gasteiger partial charge in [0.1, 0.15) is 0 Å². The van der Waals surface area contributed by atoms with Crippen LogP contribution in [0.15, 0.2) is 100 Å². The fraction of sp³-hybridized carbons (Fsp3) is 0. The van der Waals surface area contributed by atoms with Crippen molar-refractivity contribution in [3.63, 3.8) is 0 Å². The summed E-state index contributed by atoms with van der Waals surface area (Å²) in [5.41, 5.74) is 3.37. The molecule has 132 valence electrons. The van der Waals surface area contributed by atoms with Gasteiger partial charge in [0, 0.05) is 21.8 Å². The van der Waals surface area contributed by atoms with Crippen molar-refractivity contribution in [2.75, 3.05) is 0 Å². The van der Waals surface area contributed by atoms with E-state index in [2.05, 4.69) is 41.0 Å². The topological polar surface area (TPSA) is 35.1 Å². The second kappa shape index (κ2) is 5.57. The number of hydrogen-bond acceptors (Lipinski definition) is 2. The zero-order chi connectivity index (χ0) is 18.7. The molecule has 6 rings (SSSR count). The van der Waals surface area contributed by atoms with Crippen LogP contribution in [0, 0.1) is 0 Å². The van der Waals surface area contributed by atoms with Crippen LogP contribution in [0.1, 0.15) is 0 Å². The third kappa shape index (κ3) is 1.96. The highest BCUT2D eigenvalue weighted by Crippen LogP contribution is 2.37. The zero-order valence-corrected chi connectivity index (χ0v) is 14.9. The first-order chi connectivity index (χ1) is 13.8. The molecule has 3 heteroatoms. The monoisotopic (exact) mass is 361 g/mol. The van der Waals surface area contributed by atoms with Crippen LogP contribution >= 0.6 is 0 Å². The van der Waals surface area contributed by atoms with Gasteiger partial charge in [0.25, 0.3) is 0 Å². The molecule has 2 heterocycles. The summed E-state index contributed by atoms with van der Waals surface area (Å²) in [4.78, 5) is 12.7. The van der Waals surface area contributed by atoms with Crippen molar-refractivity contribution >= 4 is 43.5 Å². The van der Waals surface area contributed by atoms with E-state index in [-0.39, 0.29) is 5.63 Å². The summed E-state index contributed by atoms with van der Waals surface area (Å²) in [5, 5.41) is 4.68. The van der Waals surface area contributed by atoms with E-state index in [1.54, 1.807) is 0 Å². The molecular weight excluding hydrogens is 346 g/mol. The highest BCUT2D eigenvalue weighted by atomic mass is 16.4. The number of fused-ring (bicyclic) bond motifs is 7. The summed E-state index contributed by atoms with van der Waals surface area (Å²) < 4.78 is 8.09. The average Bonchev–Trinajstić information content (AvgIpc) is 3.10. The van der Waals surface area contributed by atoms with Gasteiger partial charge < -0.3 is 8.98 Å². The fourth-order valence-electron chi connectivity index (χ4n) is 4.23. The van der Waals surface area contributed by atoms with Crippen molar-refractivity contribution < 1.29 is 4.42 Å². The van der Waals surface area contributed by atoms with E-state index < -0.39 is 0 Å². The molecule has 0 bridgehead atoms. The second-order valence-corrected chi connectivity index (χ2v) is 6.96. The van der Waals surface area contributed by atoms with E-state index >= 15 is 0 Å². The minimum Gasteiger partial charge on any atom is -0.420 e. The third-order valence-electron chi connectivity index (χ3n) is 5.44. The summed E-state index contributed by atoms with van der Waals surface area (Å²) in [6.07, 6.45) is 0. The minimum atomic E-state index is -0.305. The summed E-state index contributed by atoms with van der Waals surface area (Å²) in [5.74, 6) is 0. The van der Waals surface area contributed by atoms with Crippen LogP contribution < -0.4 is 5.63 Å². The summed E-state index contributed by atoms with van der Waals surface area (Å²) >= 11 is 0. The first-order valence-corrected chi connectivity index (χ1v) is 9.26. The number of aromatic nitrogens is 1. The highest BCUT2D eigenvalue weighted by molar-refractivity contribution is 6.20. The van der Waals surface area contributed by atoms with Gasteiger partial charge in [0.15, 0.2) is 5.58 Å². The molecule has 6 aromatic rings. The maximum Gasteiger partial charge on any atom is 0.344 e. The number of nitrogens with zero attached hydrogens (tertiary/aromatic N) is 1. The lowest BCUT2D eigenvalue weighted by Gasteiger charge is -2.09. The molecule has 0 saturated carbocycles. The van der Waals surface area contributed by atoms with Gasteiger partial charge in [-0.3, -0.25) is 0 Å². The summed E-state index contributed by atoms with van der Waals surface area (Å²) in [6.45, 7) is 0. The van der Waals surface area contributed by atoms with Crippen molar-refractivity contribution in [1.82, 2.24) is 4.57 Å². The molecule has 0 radical (unpaired) electrons. The Hall–Kier alpha value is -3.85. The maximum absolute atomic E-state index is 12.7. The van der Waals surface area contributed by atoms with Crippen molar-refractivity contribution in [2.45, 2.75) is 0 Å². The molecule has 0 aliphatic heterocycles. The lowest BCUT2D eigenvalue weighted by Crippen LogP contribution is -2.01. The molecule has 3 nitrogen and oxygen atoms in total. The Morgan fingerprint density at radius 1 is 0.571 bits per heavy atom. The lowest BCUT2D eigenvalue weighted by molar-refractivity contribution is 0.572. The molecule has 0 saturated heterocycles. The summed E-state index contributed by atoms with van der Waals surface area (Å²) in [7, 11) is 0. The first kappa shape index (κ1) is 15.2. The molecule has 0 N–H and O–H groups in total. The van der Waals surface area contributed by atoms with Gasteiger partial charge in [-0.25, -0.2) is 4.79 Å². The van der Waals surface area contributed by atoms with Crippen LogP contribution in [0.2, 0.25) is 0 Å². The molecule has 4 aromatic carbocycles. The average molecular weight is 361 g/mol. The molecule has 0 amide bonds. The smallest absolute Gasteiger partial charge is 0.344 e. The molecular formula is C25H15NO2. The van der Waals surface area contributed by atoms with E-state index in [9.17, 15) is 4.79 Å². The molecule has 2 aromatic heterocycles. The van der Waals surface area contributed by atoms with E-state index in [4.69, 9.17) is 4.42 Å². The van der Waals surface area contributed by atoms with Crippen LogP contribution in [-0.4, -0.2) is 4.57 Å². The number of hydrogen-bond donors (Lipinski definition) is 0. The number of rotatable bonds is 1. The Labute approximate surface area is 160 Å². The lowest BCUT2D eigenvalue weighted by atomic mass is 10.1. The molecule has 0 unspecified atom stereocenters. The van der Waals surface area contributed by atoms with Gasteiger partial charge in [0.2, 0.25) is 0 Å². The standard InChI is InChI=1S/C25H15NO2/c27-25-21-12-5-4-10-17(21)20-15-14-19-18-11-6-7-13-22(18)26(23(19)24(20)28-25)16-8-2-1-3-9-16/h1-15H. The highest BCUT2D eigenvalue weighted by Gasteiger charge is 2.18. The Morgan fingerprint density at radius 2 is 1.21 bits per heavy atom. The normalized spacial score (nSPS) is 11.7. The van der Waals surface area contributed by atoms with Crippen molar-refractivity contribution in [2.24, 2.45) is 0 Å². The maximum atomic E-state index is 12.7. The molecule has 0 atom stereocenters. The predicted molar refractivity (Wildman–Crippen MR) is 114 cm³/mol. The van der Waals surface area contributed by atoms with E-state index in [0.29, 0.717) is 11.0 Å². The van der Waals surface area contributed by atoms with Crippen molar-refractivity contribution in [3.8, 4) is 5.69 Å². The number of benzene rings is 4. The van der Waals surface area contributed by atoms with E-state index in [1.807, 2.05) is 54.6 Å². The van der Waals surface area contributed by atoms with Crippen LogP contribution in [0.5, 0.6) is 0 Å². The fourth-order valence-corrected chi connectivity index (χ4v) is 4.23.